The number of carbonyl (C=O) groups excluding carboxylic acids is 1. The van der Waals surface area contributed by atoms with Crippen molar-refractivity contribution in [3.8, 4) is 6.07 Å². The van der Waals surface area contributed by atoms with Gasteiger partial charge in [0.25, 0.3) is 0 Å². The van der Waals surface area contributed by atoms with E-state index in [9.17, 15) is 9.59 Å². The van der Waals surface area contributed by atoms with Crippen LogP contribution in [0.25, 0.3) is 0 Å². The first-order valence-corrected chi connectivity index (χ1v) is 7.57. The molecule has 0 aliphatic heterocycles. The molecule has 2 aromatic heterocycles. The van der Waals surface area contributed by atoms with Crippen molar-refractivity contribution in [3.63, 3.8) is 0 Å². The summed E-state index contributed by atoms with van der Waals surface area (Å²) in [6.45, 7) is 4.00. The van der Waals surface area contributed by atoms with Gasteiger partial charge in [-0.05, 0) is 23.3 Å². The van der Waals surface area contributed by atoms with Gasteiger partial charge in [-0.25, -0.2) is 9.78 Å². The maximum atomic E-state index is 12.1. The van der Waals surface area contributed by atoms with Gasteiger partial charge in [0.2, 0.25) is 5.78 Å². The summed E-state index contributed by atoms with van der Waals surface area (Å²) in [5.74, 6) is -0.167. The van der Waals surface area contributed by atoms with Crippen molar-refractivity contribution < 1.29 is 14.0 Å². The minimum absolute atomic E-state index is 0.000316. The zero-order valence-corrected chi connectivity index (χ0v) is 13.2. The predicted octanol–water partition coefficient (Wildman–Crippen LogP) is 1.16. The molecule has 0 aromatic carbocycles. The fraction of sp³-hybridized carbons (Fsp3) is 0.357. The summed E-state index contributed by atoms with van der Waals surface area (Å²) in [6, 6.07) is 5.55. The van der Waals surface area contributed by atoms with E-state index in [1.807, 2.05) is 13.8 Å². The lowest BCUT2D eigenvalue weighted by atomic mass is 10.1. The smallest absolute Gasteiger partial charge is 0.286 e. The van der Waals surface area contributed by atoms with Crippen molar-refractivity contribution in [1.29, 1.82) is 5.26 Å². The Morgan fingerprint density at radius 1 is 1.55 bits per heavy atom. The van der Waals surface area contributed by atoms with E-state index in [4.69, 9.17) is 5.26 Å². The van der Waals surface area contributed by atoms with Crippen LogP contribution in [0.2, 0.25) is 0 Å². The van der Waals surface area contributed by atoms with Crippen LogP contribution >= 0.6 is 11.8 Å². The number of pyridine rings is 1. The number of ketones is 1. The van der Waals surface area contributed by atoms with Crippen LogP contribution in [0.3, 0.4) is 0 Å². The number of Topliss-reactive ketones (excluding diaryl/α,β-unsaturated/α-hetero) is 1. The molecule has 2 heterocycles. The molecule has 0 unspecified atom stereocenters. The summed E-state index contributed by atoms with van der Waals surface area (Å²) in [7, 11) is 1.52. The number of aryl methyl sites for hydroxylation is 1. The molecule has 8 heteroatoms. The van der Waals surface area contributed by atoms with E-state index in [0.717, 1.165) is 17.5 Å². The van der Waals surface area contributed by atoms with Crippen LogP contribution in [0.15, 0.2) is 26.5 Å². The Hall–Kier alpha value is -2.40. The van der Waals surface area contributed by atoms with Gasteiger partial charge in [-0.15, -0.1) is 0 Å². The summed E-state index contributed by atoms with van der Waals surface area (Å²) >= 11 is 1.14. The molecule has 0 fully saturated rings. The van der Waals surface area contributed by atoms with Crippen LogP contribution in [0.5, 0.6) is 0 Å². The van der Waals surface area contributed by atoms with Crippen molar-refractivity contribution in [3.05, 3.63) is 39.5 Å². The Morgan fingerprint density at radius 3 is 2.82 bits per heavy atom. The Morgan fingerprint density at radius 2 is 2.27 bits per heavy atom. The molecular formula is C14H15N4O3S+. The molecule has 0 atom stereocenters. The van der Waals surface area contributed by atoms with Gasteiger partial charge >= 0.3 is 11.3 Å². The van der Waals surface area contributed by atoms with E-state index in [-0.39, 0.29) is 23.1 Å². The number of thioether (sulfide) groups is 1. The number of nitriles is 1. The average molecular weight is 319 g/mol. The molecule has 0 amide bonds. The summed E-state index contributed by atoms with van der Waals surface area (Å²) in [5, 5.41) is 11.9. The van der Waals surface area contributed by atoms with E-state index < -0.39 is 5.63 Å². The Bertz CT molecular complexity index is 801. The number of aromatic amines is 1. The molecule has 7 nitrogen and oxygen atoms in total. The molecule has 0 radical (unpaired) electrons. The zero-order chi connectivity index (χ0) is 16.3. The predicted molar refractivity (Wildman–Crippen MR) is 78.6 cm³/mol. The maximum absolute atomic E-state index is 12.1. The summed E-state index contributed by atoms with van der Waals surface area (Å²) < 4.78 is 5.78. The largest absolute Gasteiger partial charge is 0.438 e. The van der Waals surface area contributed by atoms with Crippen molar-refractivity contribution in [2.45, 2.75) is 24.8 Å². The second-order valence-corrected chi connectivity index (χ2v) is 5.92. The highest BCUT2D eigenvalue weighted by Crippen LogP contribution is 2.23. The van der Waals surface area contributed by atoms with Gasteiger partial charge in [0.1, 0.15) is 11.1 Å². The molecule has 0 aliphatic rings. The summed E-state index contributed by atoms with van der Waals surface area (Å²) in [6.07, 6.45) is 0. The third kappa shape index (κ3) is 3.26. The normalized spacial score (nSPS) is 10.7. The molecule has 0 aliphatic carbocycles. The van der Waals surface area contributed by atoms with Gasteiger partial charge in [0, 0.05) is 5.69 Å². The Balaban J connectivity index is 2.21. The summed E-state index contributed by atoms with van der Waals surface area (Å²) in [5.41, 5.74) is 0.483. The quantitative estimate of drug-likeness (QED) is 0.504. The highest BCUT2D eigenvalue weighted by molar-refractivity contribution is 8.00. The summed E-state index contributed by atoms with van der Waals surface area (Å²) in [4.78, 5) is 28.0. The first-order chi connectivity index (χ1) is 10.4. The zero-order valence-electron chi connectivity index (χ0n) is 12.4. The number of rotatable bonds is 5. The number of H-pyrrole nitrogens is 1. The van der Waals surface area contributed by atoms with Gasteiger partial charge < -0.3 is 0 Å². The number of aromatic nitrogens is 3. The topological polar surface area (TPSA) is 104 Å². The van der Waals surface area contributed by atoms with E-state index in [0.29, 0.717) is 10.6 Å². The monoisotopic (exact) mass is 319 g/mol. The van der Waals surface area contributed by atoms with Crippen LogP contribution in [0.1, 0.15) is 41.5 Å². The highest BCUT2D eigenvalue weighted by Gasteiger charge is 2.26. The first kappa shape index (κ1) is 16.0. The van der Waals surface area contributed by atoms with Gasteiger partial charge in [-0.3, -0.25) is 9.32 Å². The molecule has 2 aromatic rings. The molecule has 2 rings (SSSR count). The lowest BCUT2D eigenvalue weighted by molar-refractivity contribution is -0.741. The van der Waals surface area contributed by atoms with Gasteiger partial charge in [0.05, 0.1) is 11.3 Å². The van der Waals surface area contributed by atoms with Crippen molar-refractivity contribution in [2.75, 3.05) is 5.75 Å². The van der Waals surface area contributed by atoms with E-state index >= 15 is 0 Å². The molecule has 1 N–H and O–H groups in total. The lowest BCUT2D eigenvalue weighted by Gasteiger charge is -2.07. The van der Waals surface area contributed by atoms with Gasteiger partial charge in [0.15, 0.2) is 7.05 Å². The average Bonchev–Trinajstić information content (AvgIpc) is 2.83. The minimum atomic E-state index is -0.711. The molecule has 114 valence electrons. The number of nitrogens with one attached hydrogen (secondary N) is 1. The Labute approximate surface area is 130 Å². The van der Waals surface area contributed by atoms with Crippen molar-refractivity contribution >= 4 is 17.5 Å². The molecule has 0 saturated heterocycles. The van der Waals surface area contributed by atoms with Crippen molar-refractivity contribution in [1.82, 2.24) is 10.3 Å². The van der Waals surface area contributed by atoms with Gasteiger partial charge in [-0.1, -0.05) is 30.3 Å². The van der Waals surface area contributed by atoms with Crippen LogP contribution < -0.4 is 10.3 Å². The maximum Gasteiger partial charge on any atom is 0.438 e. The molecule has 0 bridgehead atoms. The van der Waals surface area contributed by atoms with E-state index in [1.165, 1.54) is 11.7 Å². The number of nitrogens with zero attached hydrogens (tertiary/aromatic N) is 3. The lowest BCUT2D eigenvalue weighted by Crippen LogP contribution is -2.39. The SMILES string of the molecule is CC(C)c1ccc(C#N)c(SCC(=O)c2c(=O)o[nH][n+]2C)n1. The number of hydrogen-bond acceptors (Lipinski definition) is 6. The molecular weight excluding hydrogens is 304 g/mol. The third-order valence-electron chi connectivity index (χ3n) is 3.00. The van der Waals surface area contributed by atoms with E-state index in [2.05, 4.69) is 20.8 Å². The fourth-order valence-corrected chi connectivity index (χ4v) is 2.66. The number of hydrogen-bond donors (Lipinski definition) is 1. The van der Waals surface area contributed by atoms with Gasteiger partial charge in [-0.2, -0.15) is 5.26 Å². The van der Waals surface area contributed by atoms with E-state index in [1.54, 1.807) is 12.1 Å². The van der Waals surface area contributed by atoms with Crippen LogP contribution in [0, 0.1) is 11.3 Å². The number of carbonyl (C=O) groups is 1. The third-order valence-corrected chi connectivity index (χ3v) is 3.99. The van der Waals surface area contributed by atoms with Crippen LogP contribution in [-0.4, -0.2) is 21.8 Å². The second-order valence-electron chi connectivity index (χ2n) is 4.96. The van der Waals surface area contributed by atoms with Crippen LogP contribution in [0.4, 0.5) is 0 Å². The minimum Gasteiger partial charge on any atom is -0.286 e. The fourth-order valence-electron chi connectivity index (χ4n) is 1.82. The standard InChI is InChI=1S/C14H14N4O3S/c1-8(2)10-5-4-9(6-15)13(16-10)22-7-11(19)12-14(20)21-17-18(12)3/h4-5,8H,7H2,1-3H3/p+1. The highest BCUT2D eigenvalue weighted by atomic mass is 32.2. The molecule has 22 heavy (non-hydrogen) atoms. The molecule has 0 spiro atoms. The molecule has 0 saturated carbocycles. The van der Waals surface area contributed by atoms with Crippen LogP contribution in [-0.2, 0) is 7.05 Å². The van der Waals surface area contributed by atoms with Crippen molar-refractivity contribution in [2.24, 2.45) is 7.05 Å². The second kappa shape index (κ2) is 6.58. The first-order valence-electron chi connectivity index (χ1n) is 6.58. The Kier molecular flexibility index (Phi) is 4.78.